The van der Waals surface area contributed by atoms with Crippen LogP contribution in [0.15, 0.2) is 11.6 Å². The van der Waals surface area contributed by atoms with E-state index in [2.05, 4.69) is 13.0 Å². The Morgan fingerprint density at radius 3 is 2.86 bits per heavy atom. The first kappa shape index (κ1) is 9.75. The molecule has 0 amide bonds. The largest absolute Gasteiger partial charge is 0.465 e. The molecular weight excluding hydrogens is 176 g/mol. The van der Waals surface area contributed by atoms with Crippen LogP contribution in [0.4, 0.5) is 0 Å². The van der Waals surface area contributed by atoms with Crippen LogP contribution < -0.4 is 0 Å². The number of carbonyl (C=O) groups excluding carboxylic acids is 1. The lowest BCUT2D eigenvalue weighted by Gasteiger charge is -2.19. The minimum atomic E-state index is 0.0382. The summed E-state index contributed by atoms with van der Waals surface area (Å²) < 4.78 is 5.27. The zero-order valence-corrected chi connectivity index (χ0v) is 8.79. The van der Waals surface area contributed by atoms with E-state index < -0.39 is 0 Å². The molecule has 0 aromatic carbocycles. The van der Waals surface area contributed by atoms with Gasteiger partial charge in [-0.3, -0.25) is 4.79 Å². The monoisotopic (exact) mass is 194 g/mol. The Hall–Kier alpha value is -0.790. The molecule has 1 unspecified atom stereocenters. The molecule has 0 aromatic heterocycles. The molecule has 1 fully saturated rings. The maximum atomic E-state index is 11.3. The fraction of sp³-hybridized carbons (Fsp3) is 0.750. The number of hydrogen-bond acceptors (Lipinski definition) is 2. The van der Waals surface area contributed by atoms with E-state index in [1.807, 2.05) is 0 Å². The van der Waals surface area contributed by atoms with Gasteiger partial charge in [-0.25, -0.2) is 0 Å². The predicted octanol–water partition coefficient (Wildman–Crippen LogP) is 2.69. The topological polar surface area (TPSA) is 26.3 Å². The first-order chi connectivity index (χ1) is 6.75. The summed E-state index contributed by atoms with van der Waals surface area (Å²) in [7, 11) is 0. The Bertz CT molecular complexity index is 251. The molecule has 14 heavy (non-hydrogen) atoms. The molecule has 2 heteroatoms. The summed E-state index contributed by atoms with van der Waals surface area (Å²) in [5.74, 6) is 0.855. The van der Waals surface area contributed by atoms with Gasteiger partial charge in [-0.1, -0.05) is 11.6 Å². The third-order valence-electron chi connectivity index (χ3n) is 3.12. The Morgan fingerprint density at radius 1 is 1.50 bits per heavy atom. The number of rotatable bonds is 3. The second-order valence-corrected chi connectivity index (χ2v) is 4.60. The van der Waals surface area contributed by atoms with E-state index >= 15 is 0 Å². The van der Waals surface area contributed by atoms with Crippen molar-refractivity contribution in [2.45, 2.75) is 39.0 Å². The summed E-state index contributed by atoms with van der Waals surface area (Å²) in [4.78, 5) is 11.3. The average Bonchev–Trinajstić information content (AvgIpc) is 3.00. The van der Waals surface area contributed by atoms with Crippen LogP contribution in [0.5, 0.6) is 0 Å². The van der Waals surface area contributed by atoms with Crippen LogP contribution in [0, 0.1) is 11.8 Å². The molecule has 2 nitrogen and oxygen atoms in total. The molecule has 0 saturated heterocycles. The van der Waals surface area contributed by atoms with E-state index in [1.165, 1.54) is 18.4 Å². The Balaban J connectivity index is 1.68. The van der Waals surface area contributed by atoms with Crippen LogP contribution in [-0.2, 0) is 9.53 Å². The van der Waals surface area contributed by atoms with E-state index in [-0.39, 0.29) is 11.9 Å². The zero-order chi connectivity index (χ0) is 9.97. The van der Waals surface area contributed by atoms with Crippen molar-refractivity contribution in [2.75, 3.05) is 6.61 Å². The minimum absolute atomic E-state index is 0.0382. The first-order valence-electron chi connectivity index (χ1n) is 5.58. The normalized spacial score (nSPS) is 26.9. The van der Waals surface area contributed by atoms with Crippen LogP contribution >= 0.6 is 0 Å². The van der Waals surface area contributed by atoms with Gasteiger partial charge in [-0.05, 0) is 44.9 Å². The molecule has 0 N–H and O–H groups in total. The van der Waals surface area contributed by atoms with E-state index in [0.29, 0.717) is 12.5 Å². The fourth-order valence-corrected chi connectivity index (χ4v) is 1.81. The van der Waals surface area contributed by atoms with E-state index in [9.17, 15) is 4.79 Å². The van der Waals surface area contributed by atoms with Crippen LogP contribution in [0.2, 0.25) is 0 Å². The average molecular weight is 194 g/mol. The number of esters is 1. The van der Waals surface area contributed by atoms with E-state index in [1.54, 1.807) is 0 Å². The van der Waals surface area contributed by atoms with E-state index in [4.69, 9.17) is 4.74 Å². The third-order valence-corrected chi connectivity index (χ3v) is 3.12. The van der Waals surface area contributed by atoms with Gasteiger partial charge in [0.1, 0.15) is 0 Å². The molecule has 2 aliphatic rings. The lowest BCUT2D eigenvalue weighted by Crippen LogP contribution is -2.16. The van der Waals surface area contributed by atoms with Crippen LogP contribution in [0.25, 0.3) is 0 Å². The smallest absolute Gasteiger partial charge is 0.308 e. The SMILES string of the molecule is CC1=CCC(COC(=O)C2CC2)CC1. The molecule has 1 atom stereocenters. The van der Waals surface area contributed by atoms with Gasteiger partial charge in [-0.15, -0.1) is 0 Å². The lowest BCUT2D eigenvalue weighted by atomic mass is 9.91. The molecular formula is C12H18O2. The van der Waals surface area contributed by atoms with Crippen molar-refractivity contribution in [1.82, 2.24) is 0 Å². The maximum absolute atomic E-state index is 11.3. The lowest BCUT2D eigenvalue weighted by molar-refractivity contribution is -0.146. The van der Waals surface area contributed by atoms with Gasteiger partial charge < -0.3 is 4.74 Å². The maximum Gasteiger partial charge on any atom is 0.308 e. The van der Waals surface area contributed by atoms with Crippen molar-refractivity contribution in [3.63, 3.8) is 0 Å². The standard InChI is InChI=1S/C12H18O2/c1-9-2-4-10(5-3-9)8-14-12(13)11-6-7-11/h2,10-11H,3-8H2,1H3. The van der Waals surface area contributed by atoms with Gasteiger partial charge >= 0.3 is 5.97 Å². The highest BCUT2D eigenvalue weighted by molar-refractivity contribution is 5.74. The first-order valence-corrected chi connectivity index (χ1v) is 5.58. The summed E-state index contributed by atoms with van der Waals surface area (Å²) in [6.45, 7) is 2.81. The molecule has 0 aromatic rings. The Labute approximate surface area is 85.3 Å². The highest BCUT2D eigenvalue weighted by atomic mass is 16.5. The van der Waals surface area contributed by atoms with Gasteiger partial charge in [0.05, 0.1) is 12.5 Å². The van der Waals surface area contributed by atoms with Crippen LogP contribution in [-0.4, -0.2) is 12.6 Å². The predicted molar refractivity (Wildman–Crippen MR) is 54.8 cm³/mol. The zero-order valence-electron chi connectivity index (χ0n) is 8.79. The van der Waals surface area contributed by atoms with Gasteiger partial charge in [0.25, 0.3) is 0 Å². The number of carbonyl (C=O) groups is 1. The van der Waals surface area contributed by atoms with Crippen molar-refractivity contribution in [2.24, 2.45) is 11.8 Å². The van der Waals surface area contributed by atoms with Crippen molar-refractivity contribution >= 4 is 5.97 Å². The molecule has 2 aliphatic carbocycles. The van der Waals surface area contributed by atoms with Crippen molar-refractivity contribution in [3.8, 4) is 0 Å². The van der Waals surface area contributed by atoms with Crippen LogP contribution in [0.1, 0.15) is 39.0 Å². The molecule has 78 valence electrons. The fourth-order valence-electron chi connectivity index (χ4n) is 1.81. The number of allylic oxidation sites excluding steroid dienone is 2. The Morgan fingerprint density at radius 2 is 2.29 bits per heavy atom. The highest BCUT2D eigenvalue weighted by Crippen LogP contribution is 2.31. The molecule has 0 bridgehead atoms. The highest BCUT2D eigenvalue weighted by Gasteiger charge is 2.31. The summed E-state index contributed by atoms with van der Waals surface area (Å²) in [6.07, 6.45) is 7.81. The van der Waals surface area contributed by atoms with Crippen molar-refractivity contribution in [1.29, 1.82) is 0 Å². The third kappa shape index (κ3) is 2.60. The molecule has 0 radical (unpaired) electrons. The summed E-state index contributed by atoms with van der Waals surface area (Å²) >= 11 is 0. The van der Waals surface area contributed by atoms with Gasteiger partial charge in [0.15, 0.2) is 0 Å². The van der Waals surface area contributed by atoms with Gasteiger partial charge in [0, 0.05) is 0 Å². The molecule has 0 spiro atoms. The summed E-state index contributed by atoms with van der Waals surface area (Å²) in [5.41, 5.74) is 1.48. The van der Waals surface area contributed by atoms with Gasteiger partial charge in [-0.2, -0.15) is 0 Å². The number of hydrogen-bond donors (Lipinski definition) is 0. The second kappa shape index (κ2) is 4.16. The molecule has 2 rings (SSSR count). The summed E-state index contributed by atoms with van der Waals surface area (Å²) in [5, 5.41) is 0. The second-order valence-electron chi connectivity index (χ2n) is 4.60. The van der Waals surface area contributed by atoms with Gasteiger partial charge in [0.2, 0.25) is 0 Å². The van der Waals surface area contributed by atoms with Crippen molar-refractivity contribution < 1.29 is 9.53 Å². The van der Waals surface area contributed by atoms with E-state index in [0.717, 1.165) is 19.3 Å². The van der Waals surface area contributed by atoms with Crippen LogP contribution in [0.3, 0.4) is 0 Å². The number of ether oxygens (including phenoxy) is 1. The molecule has 0 aliphatic heterocycles. The quantitative estimate of drug-likeness (QED) is 0.510. The minimum Gasteiger partial charge on any atom is -0.465 e. The van der Waals surface area contributed by atoms with Crippen molar-refractivity contribution in [3.05, 3.63) is 11.6 Å². The molecule has 1 saturated carbocycles. The molecule has 0 heterocycles. The summed E-state index contributed by atoms with van der Waals surface area (Å²) in [6, 6.07) is 0. The Kier molecular flexibility index (Phi) is 2.90.